The molecule has 2 heterocycles. The highest BCUT2D eigenvalue weighted by Gasteiger charge is 2.61. The van der Waals surface area contributed by atoms with Crippen molar-refractivity contribution in [3.8, 4) is 0 Å². The van der Waals surface area contributed by atoms with Gasteiger partial charge in [0.25, 0.3) is 0 Å². The molecular weight excluding hydrogens is 182 g/mol. The molecule has 0 amide bonds. The maximum Gasteiger partial charge on any atom is 0.166 e. The lowest BCUT2D eigenvalue weighted by atomic mass is 9.59. The first-order valence-electron chi connectivity index (χ1n) is 5.29. The van der Waals surface area contributed by atoms with Gasteiger partial charge in [0.2, 0.25) is 0 Å². The van der Waals surface area contributed by atoms with Crippen LogP contribution in [0.4, 0.5) is 0 Å². The minimum Gasteiger partial charge on any atom is -0.365 e. The van der Waals surface area contributed by atoms with Crippen LogP contribution in [0.25, 0.3) is 0 Å². The number of rotatable bonds is 1. The Bertz CT molecular complexity index is 255. The fraction of sp³-hybridized carbons (Fsp3) is 1.00. The molecule has 0 aromatic carbocycles. The number of hydrogen-bond donors (Lipinski definition) is 1. The summed E-state index contributed by atoms with van der Waals surface area (Å²) in [5.41, 5.74) is -0.207. The van der Waals surface area contributed by atoms with Crippen LogP contribution in [-0.2, 0) is 4.74 Å². The Hall–Kier alpha value is -0.480. The number of aliphatic hydroxyl groups is 1. The van der Waals surface area contributed by atoms with Crippen molar-refractivity contribution in [1.29, 1.82) is 0 Å². The van der Waals surface area contributed by atoms with Crippen LogP contribution in [0.3, 0.4) is 0 Å². The third kappa shape index (κ3) is 1.01. The van der Waals surface area contributed by atoms with Gasteiger partial charge in [-0.15, -0.1) is 0 Å². The lowest BCUT2D eigenvalue weighted by Gasteiger charge is -2.60. The minimum absolute atomic E-state index is 0.0766. The van der Waals surface area contributed by atoms with Gasteiger partial charge in [0, 0.05) is 12.8 Å². The van der Waals surface area contributed by atoms with Crippen LogP contribution in [0.1, 0.15) is 32.6 Å². The summed E-state index contributed by atoms with van der Waals surface area (Å²) >= 11 is 0. The van der Waals surface area contributed by atoms with Gasteiger partial charge in [-0.25, -0.2) is 0 Å². The topological polar surface area (TPSA) is 58.9 Å². The molecule has 2 aliphatic carbocycles. The van der Waals surface area contributed by atoms with Gasteiger partial charge in [-0.05, 0) is 31.6 Å². The standard InChI is InChI=1S/C10H15NO3/c1-9-2-6-4-10(12,14-9)5-7(3-9)8(6)11-13/h6-8,12H,2-5H2,1H3. The zero-order valence-electron chi connectivity index (χ0n) is 8.27. The molecule has 4 fully saturated rings. The molecule has 4 nitrogen and oxygen atoms in total. The largest absolute Gasteiger partial charge is 0.365 e. The summed E-state index contributed by atoms with van der Waals surface area (Å²) < 4.78 is 5.70. The van der Waals surface area contributed by atoms with E-state index in [0.29, 0.717) is 12.8 Å². The van der Waals surface area contributed by atoms with E-state index >= 15 is 0 Å². The molecule has 2 aliphatic heterocycles. The van der Waals surface area contributed by atoms with Crippen molar-refractivity contribution < 1.29 is 9.84 Å². The Balaban J connectivity index is 1.98. The van der Waals surface area contributed by atoms with Crippen LogP contribution in [0.2, 0.25) is 0 Å². The van der Waals surface area contributed by atoms with E-state index in [1.54, 1.807) is 0 Å². The van der Waals surface area contributed by atoms with Crippen LogP contribution < -0.4 is 0 Å². The summed E-state index contributed by atoms with van der Waals surface area (Å²) in [4.78, 5) is 10.7. The molecule has 0 aromatic rings. The van der Waals surface area contributed by atoms with Gasteiger partial charge >= 0.3 is 0 Å². The summed E-state index contributed by atoms with van der Waals surface area (Å²) in [5, 5.41) is 13.3. The Kier molecular flexibility index (Phi) is 1.48. The minimum atomic E-state index is -0.957. The van der Waals surface area contributed by atoms with E-state index in [1.807, 2.05) is 6.92 Å². The van der Waals surface area contributed by atoms with Gasteiger partial charge in [0.05, 0.1) is 11.6 Å². The average Bonchev–Trinajstić information content (AvgIpc) is 1.97. The molecule has 2 unspecified atom stereocenters. The van der Waals surface area contributed by atoms with Gasteiger partial charge in [0.1, 0.15) is 0 Å². The second-order valence-corrected chi connectivity index (χ2v) is 5.43. The zero-order valence-corrected chi connectivity index (χ0v) is 8.27. The van der Waals surface area contributed by atoms with Gasteiger partial charge < -0.3 is 9.84 Å². The van der Waals surface area contributed by atoms with Crippen LogP contribution in [0, 0.1) is 16.7 Å². The molecule has 2 saturated carbocycles. The third-order valence-corrected chi connectivity index (χ3v) is 4.07. The van der Waals surface area contributed by atoms with Crippen molar-refractivity contribution in [1.82, 2.24) is 0 Å². The molecule has 4 rings (SSSR count). The van der Waals surface area contributed by atoms with Gasteiger partial charge in [-0.1, -0.05) is 5.18 Å². The highest BCUT2D eigenvalue weighted by molar-refractivity contribution is 5.08. The van der Waals surface area contributed by atoms with E-state index < -0.39 is 5.79 Å². The predicted octanol–water partition coefficient (Wildman–Crippen LogP) is 1.42. The van der Waals surface area contributed by atoms with E-state index in [2.05, 4.69) is 5.18 Å². The maximum atomic E-state index is 10.7. The second kappa shape index (κ2) is 2.36. The first kappa shape index (κ1) is 8.80. The Labute approximate surface area is 82.6 Å². The molecular formula is C10H15NO3. The van der Waals surface area contributed by atoms with Gasteiger partial charge in [-0.2, -0.15) is 4.91 Å². The third-order valence-electron chi connectivity index (χ3n) is 4.07. The normalized spacial score (nSPS) is 60.3. The molecule has 4 bridgehead atoms. The van der Waals surface area contributed by atoms with Crippen LogP contribution in [0.15, 0.2) is 5.18 Å². The predicted molar refractivity (Wildman–Crippen MR) is 49.5 cm³/mol. The fourth-order valence-electron chi connectivity index (χ4n) is 3.90. The van der Waals surface area contributed by atoms with Gasteiger partial charge in [0.15, 0.2) is 5.79 Å². The molecule has 0 spiro atoms. The van der Waals surface area contributed by atoms with Crippen molar-refractivity contribution in [2.45, 2.75) is 50.0 Å². The number of ether oxygens (including phenoxy) is 1. The van der Waals surface area contributed by atoms with Crippen molar-refractivity contribution >= 4 is 0 Å². The molecule has 4 aliphatic rings. The van der Waals surface area contributed by atoms with Crippen molar-refractivity contribution in [2.75, 3.05) is 0 Å². The van der Waals surface area contributed by atoms with Crippen molar-refractivity contribution in [2.24, 2.45) is 17.0 Å². The molecule has 14 heavy (non-hydrogen) atoms. The number of hydrogen-bond acceptors (Lipinski definition) is 4. The number of nitrogens with zero attached hydrogens (tertiary/aromatic N) is 1. The lowest BCUT2D eigenvalue weighted by molar-refractivity contribution is -0.353. The molecule has 2 saturated heterocycles. The van der Waals surface area contributed by atoms with Crippen LogP contribution >= 0.6 is 0 Å². The summed E-state index contributed by atoms with van der Waals surface area (Å²) in [6, 6.07) is -0.0766. The summed E-state index contributed by atoms with van der Waals surface area (Å²) in [6.07, 6.45) is 2.94. The van der Waals surface area contributed by atoms with Gasteiger partial charge in [-0.3, -0.25) is 0 Å². The SMILES string of the molecule is CC12CC3CC(O)(CC(C1)C3N=O)O2. The Morgan fingerprint density at radius 2 is 1.86 bits per heavy atom. The molecule has 0 aromatic heterocycles. The lowest BCUT2D eigenvalue weighted by Crippen LogP contribution is -2.64. The molecule has 78 valence electrons. The quantitative estimate of drug-likeness (QED) is 0.647. The molecule has 1 N–H and O–H groups in total. The fourth-order valence-corrected chi connectivity index (χ4v) is 3.90. The summed E-state index contributed by atoms with van der Waals surface area (Å²) in [6.45, 7) is 2.04. The van der Waals surface area contributed by atoms with E-state index in [-0.39, 0.29) is 23.5 Å². The summed E-state index contributed by atoms with van der Waals surface area (Å²) in [7, 11) is 0. The van der Waals surface area contributed by atoms with Crippen LogP contribution in [0.5, 0.6) is 0 Å². The monoisotopic (exact) mass is 197 g/mol. The van der Waals surface area contributed by atoms with Crippen LogP contribution in [-0.4, -0.2) is 22.5 Å². The van der Waals surface area contributed by atoms with Crippen molar-refractivity contribution in [3.05, 3.63) is 4.91 Å². The van der Waals surface area contributed by atoms with Crippen molar-refractivity contribution in [3.63, 3.8) is 0 Å². The van der Waals surface area contributed by atoms with E-state index in [1.165, 1.54) is 0 Å². The first-order valence-corrected chi connectivity index (χ1v) is 5.29. The Morgan fingerprint density at radius 3 is 2.29 bits per heavy atom. The highest BCUT2D eigenvalue weighted by Crippen LogP contribution is 2.57. The smallest absolute Gasteiger partial charge is 0.166 e. The average molecular weight is 197 g/mol. The van der Waals surface area contributed by atoms with E-state index in [9.17, 15) is 10.0 Å². The summed E-state index contributed by atoms with van der Waals surface area (Å²) in [5.74, 6) is -0.477. The van der Waals surface area contributed by atoms with E-state index in [0.717, 1.165) is 12.8 Å². The molecule has 0 radical (unpaired) electrons. The second-order valence-electron chi connectivity index (χ2n) is 5.43. The maximum absolute atomic E-state index is 10.7. The molecule has 4 heteroatoms. The Morgan fingerprint density at radius 1 is 1.29 bits per heavy atom. The van der Waals surface area contributed by atoms with E-state index in [4.69, 9.17) is 4.74 Å². The number of nitroso groups, excluding NO2 is 1. The highest BCUT2D eigenvalue weighted by atomic mass is 16.6. The first-order chi connectivity index (χ1) is 6.54. The zero-order chi connectivity index (χ0) is 9.97. The molecule has 2 atom stereocenters.